The second kappa shape index (κ2) is 37.1. The molecule has 5 nitrogen and oxygen atoms in total. The van der Waals surface area contributed by atoms with E-state index in [0.29, 0.717) is 5.92 Å². The van der Waals surface area contributed by atoms with E-state index < -0.39 is 0 Å². The Bertz CT molecular complexity index is 8890. The van der Waals surface area contributed by atoms with E-state index >= 15 is 0 Å². The summed E-state index contributed by atoms with van der Waals surface area (Å²) in [6.45, 7) is 9.48. The van der Waals surface area contributed by atoms with E-state index in [0.717, 1.165) is 95.1 Å². The normalized spacial score (nSPS) is 14.9. The molecule has 27 rings (SSSR count). The van der Waals surface area contributed by atoms with Crippen LogP contribution in [0.25, 0.3) is 133 Å². The first-order valence-corrected chi connectivity index (χ1v) is 50.3. The molecule has 0 spiro atoms. The second-order valence-corrected chi connectivity index (χ2v) is 38.8. The monoisotopic (exact) mass is 1860 g/mol. The van der Waals surface area contributed by atoms with Crippen molar-refractivity contribution in [3.05, 3.63) is 596 Å². The molecular weight excluding hydrogens is 1760 g/mol. The van der Waals surface area contributed by atoms with Gasteiger partial charge in [-0.05, 0) is 263 Å². The van der Waals surface area contributed by atoms with Gasteiger partial charge in [-0.25, -0.2) is 0 Å². The number of nitrogens with zero attached hydrogens (tertiary/aromatic N) is 3. The number of furan rings is 2. The standard InChI is InChI=1S/C50H37N.C46H35NO.C44H31NO/c1-50(42-19-9-4-10-20-42)48-23-12-11-22-46(48)47-33-28-41(35-49(47)50)39-26-31-44(32-27-39)51(43-29-24-38(25-30-43)36-14-5-2-6-15-36)45-21-13-18-40(34-45)37-16-7-3-8-17-37;1-31(2)46(34-17-7-4-8-18-34)39-22-11-9-20-38(39)44-40(46)23-14-24-41(44)47(35-29-27-33(28-30-35)32-15-5-3-6-16-32)42-25-13-21-37-36-19-10-12-26-43(36)48-45(37)42;1-44(32-15-6-3-7-16-32)38-19-10-8-18-36(38)43-39(44)20-12-21-40(43)45(33-25-23-31(24-26-33)30-13-4-2-5-14-30)34-27-28-42-37(29-34)35-17-9-11-22-41(35)46-42/h2-35H,1H3;3-31H,1-2H3;2-29H,1H3. The molecule has 22 aromatic carbocycles. The molecule has 145 heavy (non-hydrogen) atoms. The minimum Gasteiger partial charge on any atom is -0.456 e. The Kier molecular flexibility index (Phi) is 22.6. The van der Waals surface area contributed by atoms with Gasteiger partial charge in [0.1, 0.15) is 16.7 Å². The molecule has 0 aliphatic heterocycles. The minimum absolute atomic E-state index is 0.227. The Morgan fingerprint density at radius 3 is 1.06 bits per heavy atom. The lowest BCUT2D eigenvalue weighted by Gasteiger charge is -2.37. The topological polar surface area (TPSA) is 36.0 Å². The highest BCUT2D eigenvalue weighted by molar-refractivity contribution is 6.12. The van der Waals surface area contributed by atoms with Crippen molar-refractivity contribution in [2.75, 3.05) is 14.7 Å². The number of anilines is 9. The molecule has 2 heterocycles. The van der Waals surface area contributed by atoms with Crippen LogP contribution in [0.3, 0.4) is 0 Å². The molecule has 24 aromatic rings. The quantitative estimate of drug-likeness (QED) is 0.0856. The molecule has 3 aliphatic rings. The minimum atomic E-state index is -0.294. The summed E-state index contributed by atoms with van der Waals surface area (Å²) >= 11 is 0. The van der Waals surface area contributed by atoms with E-state index in [-0.39, 0.29) is 16.2 Å². The number of hydrogen-bond donors (Lipinski definition) is 0. The van der Waals surface area contributed by atoms with Gasteiger partial charge >= 0.3 is 0 Å². The largest absolute Gasteiger partial charge is 0.456 e. The third-order valence-electron chi connectivity index (χ3n) is 30.6. The molecule has 3 unspecified atom stereocenters. The molecule has 690 valence electrons. The van der Waals surface area contributed by atoms with Crippen LogP contribution in [0, 0.1) is 5.92 Å². The Hall–Kier alpha value is -18.2. The van der Waals surface area contributed by atoms with Crippen molar-refractivity contribution in [2.45, 2.75) is 43.9 Å². The maximum absolute atomic E-state index is 6.70. The summed E-state index contributed by atoms with van der Waals surface area (Å²) < 4.78 is 12.9. The second-order valence-electron chi connectivity index (χ2n) is 38.8. The molecule has 0 bridgehead atoms. The highest BCUT2D eigenvalue weighted by atomic mass is 16.3. The number of hydrogen-bond acceptors (Lipinski definition) is 5. The first kappa shape index (κ1) is 88.3. The molecule has 5 heteroatoms. The number of para-hydroxylation sites is 3. The Morgan fingerprint density at radius 1 is 0.186 bits per heavy atom. The summed E-state index contributed by atoms with van der Waals surface area (Å²) in [6, 6.07) is 197. The molecule has 2 aromatic heterocycles. The summed E-state index contributed by atoms with van der Waals surface area (Å²) in [5.74, 6) is 0.315. The van der Waals surface area contributed by atoms with Crippen LogP contribution >= 0.6 is 0 Å². The van der Waals surface area contributed by atoms with Gasteiger partial charge in [-0.15, -0.1) is 0 Å². The molecule has 0 saturated heterocycles. The van der Waals surface area contributed by atoms with E-state index in [2.05, 4.69) is 570 Å². The molecule has 0 amide bonds. The van der Waals surface area contributed by atoms with Crippen molar-refractivity contribution in [1.82, 2.24) is 0 Å². The predicted octanol–water partition coefficient (Wildman–Crippen LogP) is 38.2. The van der Waals surface area contributed by atoms with Gasteiger partial charge in [-0.3, -0.25) is 0 Å². The maximum atomic E-state index is 6.70. The number of benzene rings is 22. The van der Waals surface area contributed by atoms with Gasteiger partial charge in [0.25, 0.3) is 0 Å². The molecule has 3 aliphatic carbocycles. The number of fused-ring (bicyclic) bond motifs is 15. The van der Waals surface area contributed by atoms with Crippen LogP contribution in [0.2, 0.25) is 0 Å². The van der Waals surface area contributed by atoms with Crippen LogP contribution in [0.15, 0.2) is 555 Å². The zero-order valence-electron chi connectivity index (χ0n) is 81.2. The zero-order valence-corrected chi connectivity index (χ0v) is 81.2. The fourth-order valence-corrected chi connectivity index (χ4v) is 23.6. The lowest BCUT2D eigenvalue weighted by atomic mass is 9.65. The first-order valence-electron chi connectivity index (χ1n) is 50.3. The third kappa shape index (κ3) is 15.3. The van der Waals surface area contributed by atoms with Gasteiger partial charge in [0.05, 0.1) is 17.1 Å². The molecule has 0 N–H and O–H groups in total. The van der Waals surface area contributed by atoms with Crippen LogP contribution in [0.4, 0.5) is 51.2 Å². The predicted molar refractivity (Wildman–Crippen MR) is 607 cm³/mol. The number of rotatable bonds is 18. The maximum Gasteiger partial charge on any atom is 0.159 e. The average Bonchev–Trinajstić information content (AvgIpc) is 1.55. The lowest BCUT2D eigenvalue weighted by molar-refractivity contribution is 0.447. The highest BCUT2D eigenvalue weighted by Gasteiger charge is 2.49. The smallest absolute Gasteiger partial charge is 0.159 e. The van der Waals surface area contributed by atoms with Crippen molar-refractivity contribution in [3.63, 3.8) is 0 Å². The SMILES string of the molecule is CC(C)C1(c2ccccc2)c2ccccc2-c2c(N(c3ccc(-c4ccccc4)cc3)c3cccc4c3oc3ccccc34)cccc21.CC1(c2ccccc2)c2ccccc2-c2c(N(c3ccc(-c4ccccc4)cc3)c3ccc4oc5ccccc5c4c3)cccc21.CC1(c2ccccc2)c2ccccc2-c2ccc(-c3ccc(N(c4ccc(-c5ccccc5)cc4)c4cccc(-c5ccccc5)c4)cc3)cc21. The van der Waals surface area contributed by atoms with Gasteiger partial charge < -0.3 is 23.5 Å². The van der Waals surface area contributed by atoms with Crippen LogP contribution in [0.5, 0.6) is 0 Å². The summed E-state index contributed by atoms with van der Waals surface area (Å²) in [5.41, 5.74) is 44.5. The molecular formula is C140H103N3O2. The molecule has 0 saturated carbocycles. The average molecular weight is 1860 g/mol. The Labute approximate surface area is 847 Å². The Balaban J connectivity index is 0.000000114. The van der Waals surface area contributed by atoms with Crippen molar-refractivity contribution in [2.24, 2.45) is 5.92 Å². The first-order chi connectivity index (χ1) is 71.5. The highest BCUT2D eigenvalue weighted by Crippen LogP contribution is 2.62. The van der Waals surface area contributed by atoms with E-state index in [1.165, 1.54) is 139 Å². The van der Waals surface area contributed by atoms with Crippen LogP contribution in [-0.4, -0.2) is 0 Å². The summed E-state index contributed by atoms with van der Waals surface area (Å²) in [6.07, 6.45) is 0. The fourth-order valence-electron chi connectivity index (χ4n) is 23.6. The van der Waals surface area contributed by atoms with Crippen LogP contribution in [-0.2, 0) is 16.2 Å². The van der Waals surface area contributed by atoms with Gasteiger partial charge in [0, 0.05) is 83.0 Å². The van der Waals surface area contributed by atoms with Gasteiger partial charge in [-0.2, -0.15) is 0 Å². The van der Waals surface area contributed by atoms with E-state index in [4.69, 9.17) is 8.83 Å². The fraction of sp³-hybridized carbons (Fsp3) is 0.0571. The summed E-state index contributed by atoms with van der Waals surface area (Å²) in [7, 11) is 0. The van der Waals surface area contributed by atoms with Crippen molar-refractivity contribution in [1.29, 1.82) is 0 Å². The van der Waals surface area contributed by atoms with Crippen LogP contribution in [0.1, 0.15) is 77.8 Å². The molecule has 0 radical (unpaired) electrons. The molecule has 3 atom stereocenters. The third-order valence-corrected chi connectivity index (χ3v) is 30.6. The van der Waals surface area contributed by atoms with Crippen LogP contribution < -0.4 is 14.7 Å². The Morgan fingerprint density at radius 2 is 0.510 bits per heavy atom. The summed E-state index contributed by atoms with van der Waals surface area (Å²) in [5, 5.41) is 4.48. The van der Waals surface area contributed by atoms with Crippen molar-refractivity contribution in [3.8, 4) is 89.0 Å². The zero-order chi connectivity index (χ0) is 97.1. The van der Waals surface area contributed by atoms with Crippen molar-refractivity contribution >= 4 is 95.1 Å². The van der Waals surface area contributed by atoms with E-state index in [1.54, 1.807) is 0 Å². The van der Waals surface area contributed by atoms with Crippen molar-refractivity contribution < 1.29 is 8.83 Å². The van der Waals surface area contributed by atoms with Gasteiger partial charge in [-0.1, -0.05) is 445 Å². The van der Waals surface area contributed by atoms with Gasteiger partial charge in [0.2, 0.25) is 0 Å². The lowest BCUT2D eigenvalue weighted by Crippen LogP contribution is -2.33. The van der Waals surface area contributed by atoms with E-state index in [1.807, 2.05) is 18.2 Å². The summed E-state index contributed by atoms with van der Waals surface area (Å²) in [4.78, 5) is 7.19. The van der Waals surface area contributed by atoms with Gasteiger partial charge in [0.15, 0.2) is 5.58 Å². The van der Waals surface area contributed by atoms with E-state index in [9.17, 15) is 0 Å². The molecule has 0 fully saturated rings.